The lowest BCUT2D eigenvalue weighted by Crippen LogP contribution is -2.30. The van der Waals surface area contributed by atoms with Gasteiger partial charge in [-0.2, -0.15) is 17.6 Å². The fourth-order valence-electron chi connectivity index (χ4n) is 3.55. The first-order chi connectivity index (χ1) is 18.3. The molecular weight excluding hydrogens is 544 g/mol. The minimum absolute atomic E-state index is 0.102. The second kappa shape index (κ2) is 11.0. The summed E-state index contributed by atoms with van der Waals surface area (Å²) in [6, 6.07) is 11.8. The molecule has 1 amide bonds. The molecule has 1 fully saturated rings. The summed E-state index contributed by atoms with van der Waals surface area (Å²) in [7, 11) is -2.32. The summed E-state index contributed by atoms with van der Waals surface area (Å²) in [4.78, 5) is 25.0. The fourth-order valence-corrected chi connectivity index (χ4v) is 4.05. The number of carbonyl (C=O) groups excluding carboxylic acids is 1. The Morgan fingerprint density at radius 3 is 2.44 bits per heavy atom. The molecular formula is C24H24F4N6O4S. The van der Waals surface area contributed by atoms with Crippen LogP contribution in [0, 0.1) is 5.95 Å². The number of halogens is 4. The normalized spacial score (nSPS) is 13.6. The molecule has 1 aliphatic carbocycles. The molecule has 2 aromatic heterocycles. The minimum Gasteiger partial charge on any atom is -0.338 e. The zero-order chi connectivity index (χ0) is 28.4. The largest absolute Gasteiger partial charge is 0.414 e. The molecule has 1 aliphatic rings. The Morgan fingerprint density at radius 2 is 1.79 bits per heavy atom. The van der Waals surface area contributed by atoms with Crippen LogP contribution in [0.5, 0.6) is 0 Å². The number of nitrogens with zero attached hydrogens (tertiary/aromatic N) is 3. The topological polar surface area (TPSA) is 126 Å². The Kier molecular flexibility index (Phi) is 7.92. The summed E-state index contributed by atoms with van der Waals surface area (Å²) in [6.45, 7) is -1.72. The number of hydrogen-bond donors (Lipinski definition) is 3. The Morgan fingerprint density at radius 1 is 1.08 bits per heavy atom. The number of benzene rings is 1. The molecule has 0 saturated heterocycles. The molecule has 0 radical (unpaired) electrons. The van der Waals surface area contributed by atoms with E-state index in [-0.39, 0.29) is 34.4 Å². The molecule has 10 nitrogen and oxygen atoms in total. The van der Waals surface area contributed by atoms with Crippen molar-refractivity contribution in [3.8, 4) is 0 Å². The van der Waals surface area contributed by atoms with Crippen LogP contribution in [-0.2, 0) is 14.9 Å². The van der Waals surface area contributed by atoms with Crippen molar-refractivity contribution in [1.82, 2.24) is 15.4 Å². The van der Waals surface area contributed by atoms with Crippen LogP contribution in [-0.4, -0.2) is 50.4 Å². The quantitative estimate of drug-likeness (QED) is 0.184. The van der Waals surface area contributed by atoms with Crippen LogP contribution in [0.25, 0.3) is 0 Å². The smallest absolute Gasteiger partial charge is 0.338 e. The number of hydroxylamine groups is 1. The van der Waals surface area contributed by atoms with E-state index in [2.05, 4.69) is 25.4 Å². The van der Waals surface area contributed by atoms with Gasteiger partial charge in [0.25, 0.3) is 5.91 Å². The average Bonchev–Trinajstić information content (AvgIpc) is 3.68. The van der Waals surface area contributed by atoms with Gasteiger partial charge in [-0.05, 0) is 60.7 Å². The van der Waals surface area contributed by atoms with Crippen molar-refractivity contribution in [2.45, 2.75) is 24.9 Å². The molecule has 15 heteroatoms. The predicted molar refractivity (Wildman–Crippen MR) is 136 cm³/mol. The zero-order valence-corrected chi connectivity index (χ0v) is 21.5. The number of hydrogen-bond acceptors (Lipinski definition) is 8. The summed E-state index contributed by atoms with van der Waals surface area (Å²) in [5, 5.41) is 5.69. The van der Waals surface area contributed by atoms with Gasteiger partial charge in [-0.3, -0.25) is 13.9 Å². The molecule has 2 heterocycles. The lowest BCUT2D eigenvalue weighted by Gasteiger charge is -2.22. The highest BCUT2D eigenvalue weighted by molar-refractivity contribution is 7.92. The third kappa shape index (κ3) is 7.54. The summed E-state index contributed by atoms with van der Waals surface area (Å²) < 4.78 is 76.7. The Labute approximate surface area is 221 Å². The standard InChI is InChI=1S/C24H24F4N6O4S/c1-34(39(2,36)37)18-12-15(14-6-7-14)8-10-17(18)29-22-16(23(35)33-38-13-24(26,27)28)9-11-21(32-22)31-20-5-3-4-19(25)30-20/h3-5,8-12,14H,6-7,13H2,1-2H3,(H,33,35)(H2,29,30,31,32). The molecule has 1 aromatic carbocycles. The molecule has 3 aromatic rings. The highest BCUT2D eigenvalue weighted by atomic mass is 32.2. The molecule has 3 N–H and O–H groups in total. The van der Waals surface area contributed by atoms with Crippen molar-refractivity contribution in [3.63, 3.8) is 0 Å². The molecule has 0 bridgehead atoms. The van der Waals surface area contributed by atoms with E-state index in [0.717, 1.165) is 35.0 Å². The lowest BCUT2D eigenvalue weighted by molar-refractivity contribution is -0.184. The third-order valence-electron chi connectivity index (χ3n) is 5.67. The van der Waals surface area contributed by atoms with Gasteiger partial charge in [0.05, 0.1) is 23.2 Å². The van der Waals surface area contributed by atoms with Crippen molar-refractivity contribution >= 4 is 44.8 Å². The van der Waals surface area contributed by atoms with Gasteiger partial charge in [0.1, 0.15) is 17.5 Å². The van der Waals surface area contributed by atoms with Crippen LogP contribution < -0.4 is 20.4 Å². The van der Waals surface area contributed by atoms with Crippen molar-refractivity contribution in [3.05, 3.63) is 65.6 Å². The van der Waals surface area contributed by atoms with E-state index >= 15 is 0 Å². The summed E-state index contributed by atoms with van der Waals surface area (Å²) in [5.74, 6) is -1.42. The second-order valence-corrected chi connectivity index (χ2v) is 10.8. The first kappa shape index (κ1) is 28.0. The summed E-state index contributed by atoms with van der Waals surface area (Å²) in [6.07, 6.45) is -1.69. The number of rotatable bonds is 10. The number of anilines is 5. The monoisotopic (exact) mass is 568 g/mol. The van der Waals surface area contributed by atoms with Crippen LogP contribution in [0.15, 0.2) is 48.5 Å². The van der Waals surface area contributed by atoms with Gasteiger partial charge in [0.2, 0.25) is 16.0 Å². The van der Waals surface area contributed by atoms with E-state index in [0.29, 0.717) is 5.92 Å². The van der Waals surface area contributed by atoms with Crippen LogP contribution in [0.2, 0.25) is 0 Å². The van der Waals surface area contributed by atoms with Gasteiger partial charge in [-0.15, -0.1) is 0 Å². The van der Waals surface area contributed by atoms with Crippen molar-refractivity contribution in [2.24, 2.45) is 0 Å². The van der Waals surface area contributed by atoms with E-state index in [1.165, 1.54) is 31.3 Å². The fraction of sp³-hybridized carbons (Fsp3) is 0.292. The van der Waals surface area contributed by atoms with E-state index in [4.69, 9.17) is 0 Å². The number of alkyl halides is 3. The number of pyridine rings is 2. The average molecular weight is 569 g/mol. The Balaban J connectivity index is 1.71. The van der Waals surface area contributed by atoms with Crippen molar-refractivity contribution < 1.29 is 35.6 Å². The lowest BCUT2D eigenvalue weighted by atomic mass is 10.1. The molecule has 208 valence electrons. The van der Waals surface area contributed by atoms with Crippen molar-refractivity contribution in [1.29, 1.82) is 0 Å². The van der Waals surface area contributed by atoms with E-state index in [1.807, 2.05) is 6.07 Å². The van der Waals surface area contributed by atoms with E-state index in [1.54, 1.807) is 17.6 Å². The maximum atomic E-state index is 13.5. The number of sulfonamides is 1. The number of carbonyl (C=O) groups is 1. The van der Waals surface area contributed by atoms with Crippen LogP contribution in [0.4, 0.5) is 46.4 Å². The van der Waals surface area contributed by atoms with E-state index in [9.17, 15) is 30.8 Å². The summed E-state index contributed by atoms with van der Waals surface area (Å²) >= 11 is 0. The Hall–Kier alpha value is -3.98. The van der Waals surface area contributed by atoms with Gasteiger partial charge in [0, 0.05) is 7.05 Å². The predicted octanol–water partition coefficient (Wildman–Crippen LogP) is 4.60. The van der Waals surface area contributed by atoms with Gasteiger partial charge < -0.3 is 10.6 Å². The van der Waals surface area contributed by atoms with Crippen molar-refractivity contribution in [2.75, 3.05) is 34.8 Å². The maximum Gasteiger partial charge on any atom is 0.414 e. The molecule has 4 rings (SSSR count). The molecule has 0 unspecified atom stereocenters. The van der Waals surface area contributed by atoms with Crippen LogP contribution in [0.1, 0.15) is 34.7 Å². The SMILES string of the molecule is CN(c1cc(C2CC2)ccc1Nc1nc(Nc2cccc(F)n2)ccc1C(=O)NOCC(F)(F)F)S(C)(=O)=O. The van der Waals surface area contributed by atoms with Gasteiger partial charge >= 0.3 is 6.18 Å². The molecule has 0 atom stereocenters. The number of nitrogens with one attached hydrogen (secondary N) is 3. The Bertz CT molecular complexity index is 1480. The second-order valence-electron chi connectivity index (χ2n) is 8.80. The minimum atomic E-state index is -4.67. The highest BCUT2D eigenvalue weighted by Crippen LogP contribution is 2.43. The molecule has 1 saturated carbocycles. The van der Waals surface area contributed by atoms with Crippen LogP contribution in [0.3, 0.4) is 0 Å². The zero-order valence-electron chi connectivity index (χ0n) is 20.7. The number of amides is 1. The maximum absolute atomic E-state index is 13.5. The molecule has 0 spiro atoms. The summed E-state index contributed by atoms with van der Waals surface area (Å²) in [5.41, 5.74) is 2.97. The third-order valence-corrected chi connectivity index (χ3v) is 6.86. The van der Waals surface area contributed by atoms with E-state index < -0.39 is 34.7 Å². The van der Waals surface area contributed by atoms with Gasteiger partial charge in [0.15, 0.2) is 6.61 Å². The molecule has 0 aliphatic heterocycles. The van der Waals surface area contributed by atoms with Crippen LogP contribution >= 0.6 is 0 Å². The first-order valence-electron chi connectivity index (χ1n) is 11.5. The van der Waals surface area contributed by atoms with Gasteiger partial charge in [-0.25, -0.2) is 23.9 Å². The number of aromatic nitrogens is 2. The highest BCUT2D eigenvalue weighted by Gasteiger charge is 2.29. The van der Waals surface area contributed by atoms with Gasteiger partial charge in [-0.1, -0.05) is 12.1 Å². The molecule has 39 heavy (non-hydrogen) atoms. The first-order valence-corrected chi connectivity index (χ1v) is 13.4.